The Kier molecular flexibility index (Phi) is 19.0. The first-order valence-corrected chi connectivity index (χ1v) is 9.36. The van der Waals surface area contributed by atoms with Gasteiger partial charge in [0.1, 0.15) is 6.04 Å². The Morgan fingerprint density at radius 3 is 1.48 bits per heavy atom. The number of likely N-dealkylation sites (N-methyl/N-ethyl adjacent to an activating group) is 1. The second-order valence-electron chi connectivity index (χ2n) is 6.96. The first kappa shape index (κ1) is 24.6. The van der Waals surface area contributed by atoms with Crippen LogP contribution in [0.15, 0.2) is 0 Å². The zero-order chi connectivity index (χ0) is 18.1. The number of hydrogen-bond acceptors (Lipinski definition) is 3. The largest absolute Gasteiger partial charge is 0.480 e. The van der Waals surface area contributed by atoms with E-state index in [1.807, 2.05) is 0 Å². The quantitative estimate of drug-likeness (QED) is 0.505. The molecule has 0 aromatic carbocycles. The molecule has 1 atom stereocenters. The summed E-state index contributed by atoms with van der Waals surface area (Å²) in [5.74, 6) is -0.782. The fourth-order valence-electron chi connectivity index (χ4n) is 2.14. The summed E-state index contributed by atoms with van der Waals surface area (Å²) in [5, 5.41) is 8.31. The highest BCUT2D eigenvalue weighted by atomic mass is 16.4. The summed E-state index contributed by atoms with van der Waals surface area (Å²) in [6.07, 6.45) is 14.4. The van der Waals surface area contributed by atoms with Crippen LogP contribution in [0.25, 0.3) is 0 Å². The molecule has 0 aromatic rings. The summed E-state index contributed by atoms with van der Waals surface area (Å²) in [6, 6.07) is -0.380. The first-order valence-electron chi connectivity index (χ1n) is 9.36. The maximum Gasteiger partial charge on any atom is 0.320 e. The van der Waals surface area contributed by atoms with E-state index in [1.54, 1.807) is 25.9 Å². The lowest BCUT2D eigenvalue weighted by Gasteiger charge is -2.13. The summed E-state index contributed by atoms with van der Waals surface area (Å²) in [4.78, 5) is 14.0. The van der Waals surface area contributed by atoms with Gasteiger partial charge in [0.2, 0.25) is 0 Å². The minimum Gasteiger partial charge on any atom is -0.480 e. The maximum absolute atomic E-state index is 10.1. The van der Waals surface area contributed by atoms with Gasteiger partial charge in [0.05, 0.1) is 0 Å². The van der Waals surface area contributed by atoms with Gasteiger partial charge in [-0.2, -0.15) is 0 Å². The van der Waals surface area contributed by atoms with Crippen molar-refractivity contribution in [3.63, 3.8) is 0 Å². The van der Waals surface area contributed by atoms with E-state index in [0.717, 1.165) is 0 Å². The summed E-state index contributed by atoms with van der Waals surface area (Å²) in [7, 11) is 7.79. The molecule has 1 unspecified atom stereocenters. The highest BCUT2D eigenvalue weighted by Gasteiger charge is 2.11. The second-order valence-corrected chi connectivity index (χ2v) is 6.96. The van der Waals surface area contributed by atoms with E-state index < -0.39 is 5.97 Å². The molecule has 0 aliphatic rings. The molecule has 0 heterocycles. The highest BCUT2D eigenvalue weighted by molar-refractivity contribution is 5.72. The normalized spacial score (nSPS) is 12.2. The third kappa shape index (κ3) is 21.4. The molecule has 0 bridgehead atoms. The summed E-state index contributed by atoms with van der Waals surface area (Å²) in [5.41, 5.74) is 0. The third-order valence-electron chi connectivity index (χ3n) is 4.09. The Morgan fingerprint density at radius 2 is 1.22 bits per heavy atom. The highest BCUT2D eigenvalue weighted by Crippen LogP contribution is 2.10. The van der Waals surface area contributed by atoms with Gasteiger partial charge in [-0.1, -0.05) is 64.7 Å². The van der Waals surface area contributed by atoms with Crippen LogP contribution in [-0.4, -0.2) is 61.7 Å². The van der Waals surface area contributed by atoms with Gasteiger partial charge in [-0.25, -0.2) is 0 Å². The number of hydrogen-bond donors (Lipinski definition) is 1. The van der Waals surface area contributed by atoms with Crippen molar-refractivity contribution in [2.45, 2.75) is 84.1 Å². The lowest BCUT2D eigenvalue weighted by atomic mass is 10.1. The van der Waals surface area contributed by atoms with E-state index in [1.165, 1.54) is 70.8 Å². The number of carbonyl (C=O) groups is 1. The Morgan fingerprint density at radius 1 is 0.826 bits per heavy atom. The molecule has 140 valence electrons. The van der Waals surface area contributed by atoms with E-state index in [-0.39, 0.29) is 6.04 Å². The molecule has 0 aliphatic carbocycles. The summed E-state index contributed by atoms with van der Waals surface area (Å²) < 4.78 is 0. The van der Waals surface area contributed by atoms with Crippen LogP contribution in [0.5, 0.6) is 0 Å². The standard InChI is InChI=1S/C14H31N.C5H11NO2/c1-4-5-6-7-8-9-10-11-12-13-14-15(2)3;1-4(5(7)8)6(2)3/h4-14H2,1-3H3;4H,1-3H3,(H,7,8). The first-order chi connectivity index (χ1) is 10.8. The lowest BCUT2D eigenvalue weighted by molar-refractivity contribution is -0.141. The van der Waals surface area contributed by atoms with E-state index in [2.05, 4.69) is 25.9 Å². The Labute approximate surface area is 145 Å². The fourth-order valence-corrected chi connectivity index (χ4v) is 2.14. The SMILES string of the molecule is CC(C(=O)O)N(C)C.CCCCCCCCCCCCN(C)C. The van der Waals surface area contributed by atoms with Crippen LogP contribution in [0.4, 0.5) is 0 Å². The molecular weight excluding hydrogens is 288 g/mol. The topological polar surface area (TPSA) is 43.8 Å². The van der Waals surface area contributed by atoms with Crippen molar-refractivity contribution in [3.8, 4) is 0 Å². The van der Waals surface area contributed by atoms with Crippen LogP contribution in [0.3, 0.4) is 0 Å². The van der Waals surface area contributed by atoms with E-state index >= 15 is 0 Å². The van der Waals surface area contributed by atoms with Crippen molar-refractivity contribution in [2.75, 3.05) is 34.7 Å². The van der Waals surface area contributed by atoms with Gasteiger partial charge < -0.3 is 10.0 Å². The monoisotopic (exact) mass is 330 g/mol. The fraction of sp³-hybridized carbons (Fsp3) is 0.947. The Balaban J connectivity index is 0. The van der Waals surface area contributed by atoms with E-state index in [9.17, 15) is 4.79 Å². The molecule has 4 heteroatoms. The molecule has 0 aliphatic heterocycles. The predicted molar refractivity (Wildman–Crippen MR) is 101 cm³/mol. The van der Waals surface area contributed by atoms with E-state index in [0.29, 0.717) is 0 Å². The molecule has 0 fully saturated rings. The molecule has 0 radical (unpaired) electrons. The van der Waals surface area contributed by atoms with Gasteiger partial charge in [0, 0.05) is 0 Å². The Hall–Kier alpha value is -0.610. The minimum atomic E-state index is -0.782. The van der Waals surface area contributed by atoms with Gasteiger partial charge in [-0.05, 0) is 48.1 Å². The van der Waals surface area contributed by atoms with Crippen molar-refractivity contribution >= 4 is 5.97 Å². The summed E-state index contributed by atoms with van der Waals surface area (Å²) >= 11 is 0. The molecule has 1 N–H and O–H groups in total. The number of carboxylic acid groups (broad SMARTS) is 1. The van der Waals surface area contributed by atoms with Crippen LogP contribution < -0.4 is 0 Å². The molecule has 0 saturated heterocycles. The van der Waals surface area contributed by atoms with Gasteiger partial charge in [0.15, 0.2) is 0 Å². The molecule has 4 nitrogen and oxygen atoms in total. The average molecular weight is 331 g/mol. The van der Waals surface area contributed by atoms with Crippen LogP contribution in [-0.2, 0) is 4.79 Å². The number of aliphatic carboxylic acids is 1. The molecule has 0 saturated carbocycles. The second kappa shape index (κ2) is 17.7. The molecule has 0 amide bonds. The smallest absolute Gasteiger partial charge is 0.320 e. The lowest BCUT2D eigenvalue weighted by Crippen LogP contribution is -2.32. The molecular formula is C19H42N2O2. The molecule has 0 rings (SSSR count). The number of carboxylic acids is 1. The molecule has 0 aromatic heterocycles. The molecule has 23 heavy (non-hydrogen) atoms. The zero-order valence-corrected chi connectivity index (χ0v) is 16.6. The van der Waals surface area contributed by atoms with Crippen LogP contribution in [0.1, 0.15) is 78.1 Å². The van der Waals surface area contributed by atoms with Crippen molar-refractivity contribution < 1.29 is 9.90 Å². The van der Waals surface area contributed by atoms with E-state index in [4.69, 9.17) is 5.11 Å². The predicted octanol–water partition coefficient (Wildman–Crippen LogP) is 4.49. The maximum atomic E-state index is 10.1. The third-order valence-corrected chi connectivity index (χ3v) is 4.09. The van der Waals surface area contributed by atoms with Gasteiger partial charge >= 0.3 is 5.97 Å². The number of rotatable bonds is 13. The number of unbranched alkanes of at least 4 members (excludes halogenated alkanes) is 9. The molecule has 0 spiro atoms. The van der Waals surface area contributed by atoms with Crippen LogP contribution in [0, 0.1) is 0 Å². The van der Waals surface area contributed by atoms with Gasteiger partial charge in [-0.3, -0.25) is 9.69 Å². The Bertz CT molecular complexity index is 256. The van der Waals surface area contributed by atoms with Gasteiger partial charge in [0.25, 0.3) is 0 Å². The number of nitrogens with zero attached hydrogens (tertiary/aromatic N) is 2. The van der Waals surface area contributed by atoms with Crippen LogP contribution >= 0.6 is 0 Å². The zero-order valence-electron chi connectivity index (χ0n) is 16.6. The van der Waals surface area contributed by atoms with Crippen molar-refractivity contribution in [1.29, 1.82) is 0 Å². The average Bonchev–Trinajstić information content (AvgIpc) is 2.48. The van der Waals surface area contributed by atoms with Crippen molar-refractivity contribution in [1.82, 2.24) is 9.80 Å². The van der Waals surface area contributed by atoms with Crippen molar-refractivity contribution in [2.24, 2.45) is 0 Å². The van der Waals surface area contributed by atoms with Crippen LogP contribution in [0.2, 0.25) is 0 Å². The summed E-state index contributed by atoms with van der Waals surface area (Å²) in [6.45, 7) is 5.18. The van der Waals surface area contributed by atoms with Gasteiger partial charge in [-0.15, -0.1) is 0 Å². The minimum absolute atomic E-state index is 0.380. The van der Waals surface area contributed by atoms with Crippen molar-refractivity contribution in [3.05, 3.63) is 0 Å².